The Kier molecular flexibility index (Phi) is 6.72. The van der Waals surface area contributed by atoms with E-state index in [2.05, 4.69) is 15.4 Å². The average molecular weight is 466 g/mol. The molecule has 1 unspecified atom stereocenters. The summed E-state index contributed by atoms with van der Waals surface area (Å²) in [4.78, 5) is 31.1. The maximum atomic E-state index is 12.5. The molecule has 9 nitrogen and oxygen atoms in total. The molecule has 4 rings (SSSR count). The van der Waals surface area contributed by atoms with Gasteiger partial charge in [-0.25, -0.2) is 19.1 Å². The SMILES string of the molecule is CC(Nc1ccn2ncc(-c3cccc(OC(=O)N4CCCCC4)n3)c2c1)C(=O)OC(C)(C)C. The first-order valence-electron chi connectivity index (χ1n) is 11.6. The van der Waals surface area contributed by atoms with Gasteiger partial charge in [0.1, 0.15) is 11.6 Å². The van der Waals surface area contributed by atoms with Crippen LogP contribution in [0.15, 0.2) is 42.7 Å². The van der Waals surface area contributed by atoms with Crippen molar-refractivity contribution in [1.29, 1.82) is 0 Å². The number of nitrogens with zero attached hydrogens (tertiary/aromatic N) is 4. The first-order chi connectivity index (χ1) is 16.2. The molecule has 1 saturated heterocycles. The molecule has 0 aromatic carbocycles. The van der Waals surface area contributed by atoms with Crippen LogP contribution in [0.3, 0.4) is 0 Å². The fourth-order valence-electron chi connectivity index (χ4n) is 3.82. The minimum absolute atomic E-state index is 0.250. The summed E-state index contributed by atoms with van der Waals surface area (Å²) in [6.07, 6.45) is 6.28. The summed E-state index contributed by atoms with van der Waals surface area (Å²) in [6, 6.07) is 8.54. The highest BCUT2D eigenvalue weighted by molar-refractivity contribution is 5.83. The summed E-state index contributed by atoms with van der Waals surface area (Å²) in [5.74, 6) is -0.0776. The molecule has 0 spiro atoms. The third-order valence-corrected chi connectivity index (χ3v) is 5.47. The Balaban J connectivity index is 1.52. The number of esters is 1. The number of piperidine rings is 1. The molecular weight excluding hydrogens is 434 g/mol. The molecule has 1 aliphatic rings. The Morgan fingerprint density at radius 3 is 2.62 bits per heavy atom. The van der Waals surface area contributed by atoms with Gasteiger partial charge in [0.15, 0.2) is 0 Å². The smallest absolute Gasteiger partial charge is 0.416 e. The van der Waals surface area contributed by atoms with Crippen molar-refractivity contribution < 1.29 is 19.1 Å². The standard InChI is InChI=1S/C25H31N5O4/c1-17(23(31)34-25(2,3)4)27-18-11-14-30-21(15-18)19(16-26-30)20-9-8-10-22(28-20)33-24(32)29-12-6-5-7-13-29/h8-11,14-17,27H,5-7,12-13H2,1-4H3. The number of aromatic nitrogens is 3. The average Bonchev–Trinajstić information content (AvgIpc) is 3.22. The Morgan fingerprint density at radius 2 is 1.88 bits per heavy atom. The van der Waals surface area contributed by atoms with Crippen molar-refractivity contribution in [2.45, 2.75) is 58.6 Å². The van der Waals surface area contributed by atoms with Gasteiger partial charge in [-0.2, -0.15) is 5.10 Å². The van der Waals surface area contributed by atoms with E-state index in [9.17, 15) is 9.59 Å². The predicted molar refractivity (Wildman–Crippen MR) is 129 cm³/mol. The maximum Gasteiger partial charge on any atom is 0.416 e. The van der Waals surface area contributed by atoms with E-state index in [0.717, 1.165) is 36.0 Å². The molecule has 9 heteroatoms. The van der Waals surface area contributed by atoms with Crippen LogP contribution in [0.1, 0.15) is 47.0 Å². The molecule has 4 heterocycles. The minimum Gasteiger partial charge on any atom is -0.458 e. The normalized spacial score (nSPS) is 15.1. The number of fused-ring (bicyclic) bond motifs is 1. The van der Waals surface area contributed by atoms with Crippen LogP contribution >= 0.6 is 0 Å². The number of likely N-dealkylation sites (tertiary alicyclic amines) is 1. The van der Waals surface area contributed by atoms with Crippen LogP contribution in [0.2, 0.25) is 0 Å². The lowest BCUT2D eigenvalue weighted by Gasteiger charge is -2.25. The van der Waals surface area contributed by atoms with Crippen LogP contribution < -0.4 is 10.1 Å². The van der Waals surface area contributed by atoms with Crippen LogP contribution in [0.25, 0.3) is 16.8 Å². The maximum absolute atomic E-state index is 12.5. The summed E-state index contributed by atoms with van der Waals surface area (Å²) in [7, 11) is 0. The number of ether oxygens (including phenoxy) is 2. The van der Waals surface area contributed by atoms with Crippen molar-refractivity contribution in [3.63, 3.8) is 0 Å². The lowest BCUT2D eigenvalue weighted by atomic mass is 10.1. The van der Waals surface area contributed by atoms with Crippen LogP contribution in [0.5, 0.6) is 5.88 Å². The molecule has 0 saturated carbocycles. The topological polar surface area (TPSA) is 98.1 Å². The lowest BCUT2D eigenvalue weighted by Crippen LogP contribution is -2.37. The van der Waals surface area contributed by atoms with Gasteiger partial charge < -0.3 is 19.7 Å². The molecule has 1 N–H and O–H groups in total. The van der Waals surface area contributed by atoms with Gasteiger partial charge in [0.05, 0.1) is 17.4 Å². The second-order valence-electron chi connectivity index (χ2n) is 9.48. The van der Waals surface area contributed by atoms with Crippen LogP contribution in [0, 0.1) is 0 Å². The van der Waals surface area contributed by atoms with E-state index in [1.165, 1.54) is 0 Å². The predicted octanol–water partition coefficient (Wildman–Crippen LogP) is 4.52. The molecule has 0 aliphatic carbocycles. The minimum atomic E-state index is -0.552. The van der Waals surface area contributed by atoms with E-state index in [4.69, 9.17) is 9.47 Å². The van der Waals surface area contributed by atoms with Gasteiger partial charge in [-0.1, -0.05) is 6.07 Å². The van der Waals surface area contributed by atoms with Crippen molar-refractivity contribution in [2.24, 2.45) is 0 Å². The number of carbonyl (C=O) groups excluding carboxylic acids is 2. The second kappa shape index (κ2) is 9.70. The number of anilines is 1. The van der Waals surface area contributed by atoms with E-state index < -0.39 is 11.6 Å². The summed E-state index contributed by atoms with van der Waals surface area (Å²) in [6.45, 7) is 8.71. The molecular formula is C25H31N5O4. The fourth-order valence-corrected chi connectivity index (χ4v) is 3.82. The van der Waals surface area contributed by atoms with Crippen molar-refractivity contribution in [3.05, 3.63) is 42.7 Å². The molecule has 0 radical (unpaired) electrons. The van der Waals surface area contributed by atoms with Gasteiger partial charge in [-0.05, 0) is 65.2 Å². The van der Waals surface area contributed by atoms with Gasteiger partial charge >= 0.3 is 12.1 Å². The number of carbonyl (C=O) groups is 2. The van der Waals surface area contributed by atoms with E-state index in [-0.39, 0.29) is 17.9 Å². The number of amides is 1. The number of rotatable bonds is 5. The highest BCUT2D eigenvalue weighted by atomic mass is 16.6. The van der Waals surface area contributed by atoms with Gasteiger partial charge in [0, 0.05) is 36.6 Å². The third-order valence-electron chi connectivity index (χ3n) is 5.47. The number of nitrogens with one attached hydrogen (secondary N) is 1. The first-order valence-corrected chi connectivity index (χ1v) is 11.6. The summed E-state index contributed by atoms with van der Waals surface area (Å²) in [5.41, 5.74) is 2.42. The summed E-state index contributed by atoms with van der Waals surface area (Å²) in [5, 5.41) is 7.59. The highest BCUT2D eigenvalue weighted by Gasteiger charge is 2.22. The zero-order valence-electron chi connectivity index (χ0n) is 20.1. The van der Waals surface area contributed by atoms with Gasteiger partial charge in [0.2, 0.25) is 5.88 Å². The first kappa shape index (κ1) is 23.5. The van der Waals surface area contributed by atoms with Crippen LogP contribution in [0.4, 0.5) is 10.5 Å². The van der Waals surface area contributed by atoms with Crippen molar-refractivity contribution in [2.75, 3.05) is 18.4 Å². The molecule has 3 aromatic rings. The molecule has 0 bridgehead atoms. The van der Waals surface area contributed by atoms with Crippen LogP contribution in [-0.4, -0.2) is 56.3 Å². The van der Waals surface area contributed by atoms with Crippen molar-refractivity contribution in [1.82, 2.24) is 19.5 Å². The molecule has 180 valence electrons. The summed E-state index contributed by atoms with van der Waals surface area (Å²) < 4.78 is 12.7. The number of hydrogen-bond acceptors (Lipinski definition) is 7. The second-order valence-corrected chi connectivity index (χ2v) is 9.48. The monoisotopic (exact) mass is 465 g/mol. The van der Waals surface area contributed by atoms with Crippen LogP contribution in [-0.2, 0) is 9.53 Å². The highest BCUT2D eigenvalue weighted by Crippen LogP contribution is 2.27. The van der Waals surface area contributed by atoms with E-state index in [1.54, 1.807) is 34.7 Å². The molecule has 1 atom stereocenters. The van der Waals surface area contributed by atoms with Gasteiger partial charge in [-0.3, -0.25) is 0 Å². The summed E-state index contributed by atoms with van der Waals surface area (Å²) >= 11 is 0. The third kappa shape index (κ3) is 5.65. The molecule has 1 fully saturated rings. The van der Waals surface area contributed by atoms with E-state index >= 15 is 0 Å². The van der Waals surface area contributed by atoms with Gasteiger partial charge in [0.25, 0.3) is 0 Å². The lowest BCUT2D eigenvalue weighted by molar-refractivity contribution is -0.155. The zero-order chi connectivity index (χ0) is 24.3. The van der Waals surface area contributed by atoms with Crippen molar-refractivity contribution in [3.8, 4) is 17.1 Å². The zero-order valence-corrected chi connectivity index (χ0v) is 20.1. The fraction of sp³-hybridized carbons (Fsp3) is 0.440. The number of pyridine rings is 2. The Labute approximate surface area is 199 Å². The molecule has 1 amide bonds. The Bertz CT molecular complexity index is 1180. The van der Waals surface area contributed by atoms with E-state index in [0.29, 0.717) is 18.8 Å². The molecule has 1 aliphatic heterocycles. The van der Waals surface area contributed by atoms with E-state index in [1.807, 2.05) is 45.2 Å². The molecule has 34 heavy (non-hydrogen) atoms. The molecule has 3 aromatic heterocycles. The van der Waals surface area contributed by atoms with Crippen molar-refractivity contribution >= 4 is 23.3 Å². The number of hydrogen-bond donors (Lipinski definition) is 1. The largest absolute Gasteiger partial charge is 0.458 e. The Hall–Kier alpha value is -3.62. The van der Waals surface area contributed by atoms with Gasteiger partial charge in [-0.15, -0.1) is 0 Å². The Morgan fingerprint density at radius 1 is 1.12 bits per heavy atom. The quantitative estimate of drug-likeness (QED) is 0.553.